The lowest BCUT2D eigenvalue weighted by atomic mass is 9.94. The number of aliphatic hydroxyl groups is 2. The summed E-state index contributed by atoms with van der Waals surface area (Å²) in [5, 5.41) is 30.3. The molecule has 0 spiro atoms. The SMILES string of the molecule is CN(CC1(O)CCOCC1)C(=O)NCC[C@H](O)C(=O)O. The predicted octanol–water partition coefficient (Wildman–Crippen LogP) is -0.995. The molecule has 8 heteroatoms. The monoisotopic (exact) mass is 290 g/mol. The van der Waals surface area contributed by atoms with Crippen molar-refractivity contribution in [3.05, 3.63) is 0 Å². The minimum absolute atomic E-state index is 0.0537. The van der Waals surface area contributed by atoms with Crippen molar-refractivity contribution in [1.29, 1.82) is 0 Å². The molecule has 1 saturated heterocycles. The van der Waals surface area contributed by atoms with Gasteiger partial charge in [0.1, 0.15) is 0 Å². The summed E-state index contributed by atoms with van der Waals surface area (Å²) in [6, 6.07) is -0.414. The van der Waals surface area contributed by atoms with Gasteiger partial charge < -0.3 is 30.3 Å². The molecule has 0 saturated carbocycles. The van der Waals surface area contributed by atoms with Crippen molar-refractivity contribution in [3.8, 4) is 0 Å². The maximum absolute atomic E-state index is 11.8. The van der Waals surface area contributed by atoms with Crippen molar-refractivity contribution < 1.29 is 29.6 Å². The molecular formula is C12H22N2O6. The second-order valence-corrected chi connectivity index (χ2v) is 5.07. The largest absolute Gasteiger partial charge is 0.479 e. The van der Waals surface area contributed by atoms with Gasteiger partial charge in [0.2, 0.25) is 0 Å². The molecular weight excluding hydrogens is 268 g/mol. The zero-order valence-electron chi connectivity index (χ0n) is 11.5. The third kappa shape index (κ3) is 5.32. The number of carbonyl (C=O) groups excluding carboxylic acids is 1. The number of hydrogen-bond donors (Lipinski definition) is 4. The lowest BCUT2D eigenvalue weighted by Crippen LogP contribution is -2.50. The lowest BCUT2D eigenvalue weighted by Gasteiger charge is -2.35. The first-order chi connectivity index (χ1) is 9.34. The third-order valence-corrected chi connectivity index (χ3v) is 3.28. The van der Waals surface area contributed by atoms with Gasteiger partial charge in [-0.1, -0.05) is 0 Å². The third-order valence-electron chi connectivity index (χ3n) is 3.28. The van der Waals surface area contributed by atoms with E-state index >= 15 is 0 Å². The van der Waals surface area contributed by atoms with Crippen molar-refractivity contribution in [2.24, 2.45) is 0 Å². The molecule has 116 valence electrons. The van der Waals surface area contributed by atoms with Gasteiger partial charge in [-0.05, 0) is 0 Å². The Kier molecular flexibility index (Phi) is 6.18. The molecule has 1 aliphatic rings. The zero-order valence-corrected chi connectivity index (χ0v) is 11.5. The summed E-state index contributed by atoms with van der Waals surface area (Å²) in [6.45, 7) is 1.18. The van der Waals surface area contributed by atoms with Gasteiger partial charge in [0, 0.05) is 46.1 Å². The van der Waals surface area contributed by atoms with Gasteiger partial charge in [-0.2, -0.15) is 0 Å². The molecule has 0 aromatic carbocycles. The van der Waals surface area contributed by atoms with E-state index in [9.17, 15) is 14.7 Å². The van der Waals surface area contributed by atoms with Crippen LogP contribution in [0.25, 0.3) is 0 Å². The topological polar surface area (TPSA) is 119 Å². The Morgan fingerprint density at radius 2 is 2.00 bits per heavy atom. The molecule has 0 aliphatic carbocycles. The van der Waals surface area contributed by atoms with E-state index in [0.717, 1.165) is 0 Å². The van der Waals surface area contributed by atoms with Crippen LogP contribution in [0.4, 0.5) is 4.79 Å². The van der Waals surface area contributed by atoms with Crippen LogP contribution in [-0.2, 0) is 9.53 Å². The molecule has 0 bridgehead atoms. The Balaban J connectivity index is 2.30. The summed E-state index contributed by atoms with van der Waals surface area (Å²) in [7, 11) is 1.55. The maximum atomic E-state index is 11.8. The summed E-state index contributed by atoms with van der Waals surface area (Å²) in [5.41, 5.74) is -0.940. The van der Waals surface area contributed by atoms with E-state index in [1.54, 1.807) is 7.05 Å². The number of likely N-dealkylation sites (N-methyl/N-ethyl adjacent to an activating group) is 1. The summed E-state index contributed by atoms with van der Waals surface area (Å²) in [4.78, 5) is 23.5. The predicted molar refractivity (Wildman–Crippen MR) is 69.3 cm³/mol. The molecule has 8 nitrogen and oxygen atoms in total. The van der Waals surface area contributed by atoms with Gasteiger partial charge in [-0.15, -0.1) is 0 Å². The smallest absolute Gasteiger partial charge is 0.332 e. The number of hydrogen-bond acceptors (Lipinski definition) is 5. The van der Waals surface area contributed by atoms with Crippen molar-refractivity contribution in [2.75, 3.05) is 33.4 Å². The Morgan fingerprint density at radius 1 is 1.40 bits per heavy atom. The molecule has 1 heterocycles. The summed E-state index contributed by atoms with van der Waals surface area (Å²) in [6.07, 6.45) is -0.599. The van der Waals surface area contributed by atoms with E-state index in [-0.39, 0.29) is 19.5 Å². The summed E-state index contributed by atoms with van der Waals surface area (Å²) in [5.74, 6) is -1.32. The number of carbonyl (C=O) groups is 2. The number of aliphatic hydroxyl groups excluding tert-OH is 1. The van der Waals surface area contributed by atoms with Crippen LogP contribution in [0.3, 0.4) is 0 Å². The highest BCUT2D eigenvalue weighted by atomic mass is 16.5. The Morgan fingerprint density at radius 3 is 2.55 bits per heavy atom. The normalized spacial score (nSPS) is 19.1. The van der Waals surface area contributed by atoms with Crippen LogP contribution in [-0.4, -0.2) is 77.3 Å². The number of rotatable bonds is 6. The average Bonchev–Trinajstić information content (AvgIpc) is 2.38. The molecule has 0 unspecified atom stereocenters. The Labute approximate surface area is 117 Å². The number of carboxylic acid groups (broad SMARTS) is 1. The fourth-order valence-corrected chi connectivity index (χ4v) is 2.00. The fourth-order valence-electron chi connectivity index (χ4n) is 2.00. The van der Waals surface area contributed by atoms with Gasteiger partial charge >= 0.3 is 12.0 Å². The van der Waals surface area contributed by atoms with Crippen LogP contribution in [0.5, 0.6) is 0 Å². The number of urea groups is 1. The van der Waals surface area contributed by atoms with Crippen molar-refractivity contribution in [3.63, 3.8) is 0 Å². The van der Waals surface area contributed by atoms with Gasteiger partial charge in [0.05, 0.1) is 12.1 Å². The van der Waals surface area contributed by atoms with Crippen LogP contribution in [0, 0.1) is 0 Å². The second kappa shape index (κ2) is 7.41. The van der Waals surface area contributed by atoms with Gasteiger partial charge in [0.15, 0.2) is 6.10 Å². The van der Waals surface area contributed by atoms with Gasteiger partial charge in [-0.3, -0.25) is 0 Å². The second-order valence-electron chi connectivity index (χ2n) is 5.07. The van der Waals surface area contributed by atoms with Crippen LogP contribution >= 0.6 is 0 Å². The van der Waals surface area contributed by atoms with E-state index in [0.29, 0.717) is 26.1 Å². The van der Waals surface area contributed by atoms with Crippen molar-refractivity contribution in [1.82, 2.24) is 10.2 Å². The number of ether oxygens (including phenoxy) is 1. The van der Waals surface area contributed by atoms with Crippen LogP contribution in [0.15, 0.2) is 0 Å². The number of aliphatic carboxylic acids is 1. The molecule has 1 rings (SSSR count). The molecule has 2 amide bonds. The van der Waals surface area contributed by atoms with E-state index in [4.69, 9.17) is 14.9 Å². The molecule has 20 heavy (non-hydrogen) atoms. The number of amides is 2. The van der Waals surface area contributed by atoms with Gasteiger partial charge in [0.25, 0.3) is 0 Å². The van der Waals surface area contributed by atoms with Crippen LogP contribution < -0.4 is 5.32 Å². The molecule has 1 aliphatic heterocycles. The minimum Gasteiger partial charge on any atom is -0.479 e. The molecule has 0 aromatic rings. The molecule has 4 N–H and O–H groups in total. The first-order valence-corrected chi connectivity index (χ1v) is 6.54. The van der Waals surface area contributed by atoms with Gasteiger partial charge in [-0.25, -0.2) is 9.59 Å². The summed E-state index contributed by atoms with van der Waals surface area (Å²) >= 11 is 0. The fraction of sp³-hybridized carbons (Fsp3) is 0.833. The standard InChI is InChI=1S/C12H22N2O6/c1-14(8-12(19)3-6-20-7-4-12)11(18)13-5-2-9(15)10(16)17/h9,15,19H,2-8H2,1H3,(H,13,18)(H,16,17)/t9-/m0/s1. The Hall–Kier alpha value is -1.38. The van der Waals surface area contributed by atoms with E-state index < -0.39 is 23.7 Å². The highest BCUT2D eigenvalue weighted by Crippen LogP contribution is 2.21. The van der Waals surface area contributed by atoms with E-state index in [2.05, 4.69) is 5.32 Å². The summed E-state index contributed by atoms with van der Waals surface area (Å²) < 4.78 is 5.16. The number of nitrogens with one attached hydrogen (secondary N) is 1. The zero-order chi connectivity index (χ0) is 15.2. The first kappa shape index (κ1) is 16.7. The molecule has 1 atom stereocenters. The van der Waals surface area contributed by atoms with E-state index in [1.807, 2.05) is 0 Å². The minimum atomic E-state index is -1.49. The maximum Gasteiger partial charge on any atom is 0.332 e. The number of nitrogens with zero attached hydrogens (tertiary/aromatic N) is 1. The molecule has 1 fully saturated rings. The highest BCUT2D eigenvalue weighted by Gasteiger charge is 2.32. The average molecular weight is 290 g/mol. The molecule has 0 aromatic heterocycles. The Bertz CT molecular complexity index is 343. The number of carboxylic acids is 1. The van der Waals surface area contributed by atoms with Crippen LogP contribution in [0.1, 0.15) is 19.3 Å². The highest BCUT2D eigenvalue weighted by molar-refractivity contribution is 5.74. The van der Waals surface area contributed by atoms with Crippen LogP contribution in [0.2, 0.25) is 0 Å². The van der Waals surface area contributed by atoms with Crippen molar-refractivity contribution >= 4 is 12.0 Å². The lowest BCUT2D eigenvalue weighted by molar-refractivity contribution is -0.146. The molecule has 0 radical (unpaired) electrons. The van der Waals surface area contributed by atoms with E-state index in [1.165, 1.54) is 4.90 Å². The van der Waals surface area contributed by atoms with Crippen molar-refractivity contribution in [2.45, 2.75) is 31.0 Å². The first-order valence-electron chi connectivity index (χ1n) is 6.54. The quantitative estimate of drug-likeness (QED) is 0.498.